The van der Waals surface area contributed by atoms with Crippen molar-refractivity contribution in [1.29, 1.82) is 0 Å². The Morgan fingerprint density at radius 2 is 2.28 bits per heavy atom. The average molecular weight is 246 g/mol. The van der Waals surface area contributed by atoms with Gasteiger partial charge in [0.1, 0.15) is 17.9 Å². The molecule has 2 N–H and O–H groups in total. The molecule has 1 aromatic carbocycles. The van der Waals surface area contributed by atoms with Gasteiger partial charge < -0.3 is 15.0 Å². The quantitative estimate of drug-likeness (QED) is 0.837. The molecule has 0 aliphatic rings. The lowest BCUT2D eigenvalue weighted by atomic mass is 10.1. The first-order valence-electron chi connectivity index (χ1n) is 6.02. The zero-order valence-corrected chi connectivity index (χ0v) is 10.7. The summed E-state index contributed by atoms with van der Waals surface area (Å²) in [6.45, 7) is 2.90. The van der Waals surface area contributed by atoms with E-state index in [2.05, 4.69) is 22.4 Å². The van der Waals surface area contributed by atoms with Gasteiger partial charge in [-0.25, -0.2) is 0 Å². The van der Waals surface area contributed by atoms with E-state index in [4.69, 9.17) is 0 Å². The molecule has 18 heavy (non-hydrogen) atoms. The van der Waals surface area contributed by atoms with Crippen LogP contribution in [0.25, 0.3) is 0 Å². The van der Waals surface area contributed by atoms with Crippen molar-refractivity contribution in [3.63, 3.8) is 0 Å². The molecule has 0 aliphatic heterocycles. The zero-order valence-electron chi connectivity index (χ0n) is 10.7. The molecule has 0 saturated heterocycles. The summed E-state index contributed by atoms with van der Waals surface area (Å²) in [5, 5.41) is 20.7. The average Bonchev–Trinajstić information content (AvgIpc) is 2.75. The van der Waals surface area contributed by atoms with Crippen LogP contribution in [0, 0.1) is 0 Å². The van der Waals surface area contributed by atoms with Crippen molar-refractivity contribution in [3.8, 4) is 5.75 Å². The van der Waals surface area contributed by atoms with Gasteiger partial charge in [0, 0.05) is 26.1 Å². The van der Waals surface area contributed by atoms with Gasteiger partial charge in [-0.05, 0) is 24.6 Å². The van der Waals surface area contributed by atoms with E-state index in [1.54, 1.807) is 18.5 Å². The van der Waals surface area contributed by atoms with Crippen LogP contribution >= 0.6 is 0 Å². The molecule has 0 amide bonds. The van der Waals surface area contributed by atoms with Crippen LogP contribution in [0.5, 0.6) is 5.75 Å². The van der Waals surface area contributed by atoms with Gasteiger partial charge >= 0.3 is 0 Å². The Morgan fingerprint density at radius 3 is 2.94 bits per heavy atom. The van der Waals surface area contributed by atoms with E-state index >= 15 is 0 Å². The van der Waals surface area contributed by atoms with Crippen LogP contribution in [-0.2, 0) is 13.5 Å². The summed E-state index contributed by atoms with van der Waals surface area (Å²) in [6, 6.07) is 7.51. The predicted octanol–water partition coefficient (Wildman–Crippen LogP) is 1.41. The number of nitrogens with zero attached hydrogens (tertiary/aromatic N) is 3. The molecule has 0 fully saturated rings. The molecule has 96 valence electrons. The molecular weight excluding hydrogens is 228 g/mol. The van der Waals surface area contributed by atoms with Gasteiger partial charge in [0.15, 0.2) is 0 Å². The highest BCUT2D eigenvalue weighted by Gasteiger charge is 2.06. The fourth-order valence-corrected chi connectivity index (χ4v) is 1.85. The number of hydrogen-bond acceptors (Lipinski definition) is 4. The second-order valence-corrected chi connectivity index (χ2v) is 4.38. The lowest BCUT2D eigenvalue weighted by Gasteiger charge is -2.14. The molecule has 1 unspecified atom stereocenters. The molecule has 0 bridgehead atoms. The van der Waals surface area contributed by atoms with Crippen molar-refractivity contribution < 1.29 is 5.11 Å². The third-order valence-corrected chi connectivity index (χ3v) is 2.97. The maximum absolute atomic E-state index is 9.42. The summed E-state index contributed by atoms with van der Waals surface area (Å²) in [4.78, 5) is 0. The minimum Gasteiger partial charge on any atom is -0.508 e. The fourth-order valence-electron chi connectivity index (χ4n) is 1.85. The molecule has 0 radical (unpaired) electrons. The number of rotatable bonds is 5. The number of aromatic hydroxyl groups is 1. The van der Waals surface area contributed by atoms with E-state index in [1.165, 1.54) is 0 Å². The molecule has 1 atom stereocenters. The fraction of sp³-hybridized carbons (Fsp3) is 0.385. The topological polar surface area (TPSA) is 63.0 Å². The van der Waals surface area contributed by atoms with Crippen molar-refractivity contribution in [2.75, 3.05) is 6.54 Å². The van der Waals surface area contributed by atoms with E-state index < -0.39 is 0 Å². The van der Waals surface area contributed by atoms with Crippen LogP contribution < -0.4 is 5.32 Å². The zero-order chi connectivity index (χ0) is 13.0. The molecule has 2 rings (SSSR count). The number of aromatic nitrogens is 3. The van der Waals surface area contributed by atoms with E-state index in [1.807, 2.05) is 23.7 Å². The molecule has 1 heterocycles. The number of phenolic OH excluding ortho intramolecular Hbond substituents is 1. The minimum absolute atomic E-state index is 0.199. The van der Waals surface area contributed by atoms with Crippen LogP contribution in [0.3, 0.4) is 0 Å². The summed E-state index contributed by atoms with van der Waals surface area (Å²) >= 11 is 0. The third kappa shape index (κ3) is 3.07. The number of phenols is 1. The summed E-state index contributed by atoms with van der Waals surface area (Å²) < 4.78 is 1.92. The van der Waals surface area contributed by atoms with Crippen LogP contribution in [0.1, 0.15) is 24.4 Å². The van der Waals surface area contributed by atoms with Gasteiger partial charge in [-0.2, -0.15) is 0 Å². The number of benzene rings is 1. The monoisotopic (exact) mass is 246 g/mol. The molecule has 0 saturated carbocycles. The van der Waals surface area contributed by atoms with Gasteiger partial charge in [0.25, 0.3) is 0 Å². The maximum Gasteiger partial charge on any atom is 0.133 e. The Labute approximate surface area is 106 Å². The second kappa shape index (κ2) is 5.64. The van der Waals surface area contributed by atoms with Crippen molar-refractivity contribution >= 4 is 0 Å². The van der Waals surface area contributed by atoms with Gasteiger partial charge in [-0.1, -0.05) is 12.1 Å². The SMILES string of the molecule is CC(NCCc1nncn1C)c1cccc(O)c1. The lowest BCUT2D eigenvalue weighted by Crippen LogP contribution is -2.22. The highest BCUT2D eigenvalue weighted by Crippen LogP contribution is 2.17. The highest BCUT2D eigenvalue weighted by molar-refractivity contribution is 5.28. The molecule has 2 aromatic rings. The first kappa shape index (κ1) is 12.6. The second-order valence-electron chi connectivity index (χ2n) is 4.38. The van der Waals surface area contributed by atoms with Crippen molar-refractivity contribution in [2.45, 2.75) is 19.4 Å². The summed E-state index contributed by atoms with van der Waals surface area (Å²) in [6.07, 6.45) is 2.54. The first-order valence-corrected chi connectivity index (χ1v) is 6.02. The van der Waals surface area contributed by atoms with E-state index in [-0.39, 0.29) is 6.04 Å². The number of nitrogens with one attached hydrogen (secondary N) is 1. The van der Waals surface area contributed by atoms with Crippen LogP contribution in [0.4, 0.5) is 0 Å². The van der Waals surface area contributed by atoms with E-state index in [0.29, 0.717) is 5.75 Å². The van der Waals surface area contributed by atoms with E-state index in [9.17, 15) is 5.11 Å². The van der Waals surface area contributed by atoms with Crippen molar-refractivity contribution in [3.05, 3.63) is 42.0 Å². The van der Waals surface area contributed by atoms with Crippen molar-refractivity contribution in [1.82, 2.24) is 20.1 Å². The Kier molecular flexibility index (Phi) is 3.94. The molecule has 0 spiro atoms. The van der Waals surface area contributed by atoms with Crippen LogP contribution in [-0.4, -0.2) is 26.4 Å². The maximum atomic E-state index is 9.42. The number of aryl methyl sites for hydroxylation is 1. The molecule has 5 heteroatoms. The highest BCUT2D eigenvalue weighted by atomic mass is 16.3. The predicted molar refractivity (Wildman–Crippen MR) is 69.2 cm³/mol. The van der Waals surface area contributed by atoms with Crippen LogP contribution in [0.2, 0.25) is 0 Å². The lowest BCUT2D eigenvalue weighted by molar-refractivity contribution is 0.472. The smallest absolute Gasteiger partial charge is 0.133 e. The normalized spacial score (nSPS) is 12.6. The number of hydrogen-bond donors (Lipinski definition) is 2. The molecule has 0 aliphatic carbocycles. The summed E-state index contributed by atoms with van der Waals surface area (Å²) in [5.74, 6) is 1.26. The summed E-state index contributed by atoms with van der Waals surface area (Å²) in [7, 11) is 1.94. The Balaban J connectivity index is 1.85. The largest absolute Gasteiger partial charge is 0.508 e. The van der Waals surface area contributed by atoms with Crippen LogP contribution in [0.15, 0.2) is 30.6 Å². The van der Waals surface area contributed by atoms with E-state index in [0.717, 1.165) is 24.4 Å². The van der Waals surface area contributed by atoms with Gasteiger partial charge in [-0.3, -0.25) is 0 Å². The third-order valence-electron chi connectivity index (χ3n) is 2.97. The Morgan fingerprint density at radius 1 is 1.44 bits per heavy atom. The summed E-state index contributed by atoms with van der Waals surface area (Å²) in [5.41, 5.74) is 1.08. The Hall–Kier alpha value is -1.88. The van der Waals surface area contributed by atoms with Gasteiger partial charge in [0.05, 0.1) is 0 Å². The van der Waals surface area contributed by atoms with Gasteiger partial charge in [-0.15, -0.1) is 10.2 Å². The van der Waals surface area contributed by atoms with Gasteiger partial charge in [0.2, 0.25) is 0 Å². The minimum atomic E-state index is 0.199. The first-order chi connectivity index (χ1) is 8.66. The Bertz CT molecular complexity index is 509. The molecule has 5 nitrogen and oxygen atoms in total. The van der Waals surface area contributed by atoms with Crippen molar-refractivity contribution in [2.24, 2.45) is 7.05 Å². The molecule has 1 aromatic heterocycles. The standard InChI is InChI=1S/C13H18N4O/c1-10(11-4-3-5-12(18)8-11)14-7-6-13-16-15-9-17(13)2/h3-5,8-10,14,18H,6-7H2,1-2H3. The molecular formula is C13H18N4O.